The number of hydrogen-bond acceptors (Lipinski definition) is 3. The minimum absolute atomic E-state index is 0.150. The number of nitrogen functional groups attached to an aromatic ring is 1. The molecule has 1 aromatic carbocycles. The molecule has 88 valence electrons. The fraction of sp³-hybridized carbons (Fsp3) is 0.214. The molecular formula is C14H15NOS. The average molecular weight is 245 g/mol. The molecule has 1 heterocycles. The lowest BCUT2D eigenvalue weighted by Gasteiger charge is -2.23. The van der Waals surface area contributed by atoms with Gasteiger partial charge in [-0.2, -0.15) is 0 Å². The Labute approximate surface area is 105 Å². The van der Waals surface area contributed by atoms with Gasteiger partial charge in [0.25, 0.3) is 0 Å². The van der Waals surface area contributed by atoms with Crippen LogP contribution in [0.25, 0.3) is 0 Å². The number of anilines is 1. The molecule has 2 N–H and O–H groups in total. The maximum Gasteiger partial charge on any atom is 0.182 e. The van der Waals surface area contributed by atoms with E-state index in [1.165, 1.54) is 11.3 Å². The molecule has 0 saturated heterocycles. The lowest BCUT2D eigenvalue weighted by Crippen LogP contribution is -2.28. The van der Waals surface area contributed by atoms with Crippen molar-refractivity contribution in [1.82, 2.24) is 0 Å². The zero-order valence-electron chi connectivity index (χ0n) is 9.94. The number of nitrogens with two attached hydrogens (primary N) is 1. The Balaban J connectivity index is 2.36. The molecule has 0 aliphatic rings. The fourth-order valence-electron chi connectivity index (χ4n) is 1.75. The average Bonchev–Trinajstić information content (AvgIpc) is 2.82. The van der Waals surface area contributed by atoms with Gasteiger partial charge in [-0.05, 0) is 43.0 Å². The van der Waals surface area contributed by atoms with E-state index in [2.05, 4.69) is 0 Å². The van der Waals surface area contributed by atoms with Crippen molar-refractivity contribution >= 4 is 22.8 Å². The van der Waals surface area contributed by atoms with Gasteiger partial charge in [0.1, 0.15) is 0 Å². The van der Waals surface area contributed by atoms with Crippen molar-refractivity contribution in [3.8, 4) is 0 Å². The highest BCUT2D eigenvalue weighted by atomic mass is 32.1. The van der Waals surface area contributed by atoms with Gasteiger partial charge in [0.2, 0.25) is 0 Å². The van der Waals surface area contributed by atoms with Gasteiger partial charge in [0.15, 0.2) is 5.78 Å². The van der Waals surface area contributed by atoms with E-state index in [4.69, 9.17) is 5.73 Å². The molecule has 0 aliphatic heterocycles. The Bertz CT molecular complexity index is 512. The number of thiophene rings is 1. The molecule has 17 heavy (non-hydrogen) atoms. The Morgan fingerprint density at radius 1 is 1.18 bits per heavy atom. The first-order valence-electron chi connectivity index (χ1n) is 5.46. The first-order chi connectivity index (χ1) is 8.01. The quantitative estimate of drug-likeness (QED) is 0.664. The maximum atomic E-state index is 12.4. The van der Waals surface area contributed by atoms with Crippen LogP contribution >= 0.6 is 11.3 Å². The first kappa shape index (κ1) is 11.9. The minimum atomic E-state index is -0.515. The van der Waals surface area contributed by atoms with Crippen LogP contribution in [0.4, 0.5) is 5.69 Å². The molecule has 0 amide bonds. The second kappa shape index (κ2) is 4.34. The highest BCUT2D eigenvalue weighted by molar-refractivity contribution is 7.12. The molecule has 2 rings (SSSR count). The smallest absolute Gasteiger partial charge is 0.182 e. The monoisotopic (exact) mass is 245 g/mol. The molecule has 0 fully saturated rings. The van der Waals surface area contributed by atoms with Crippen molar-refractivity contribution in [1.29, 1.82) is 0 Å². The van der Waals surface area contributed by atoms with E-state index in [0.717, 1.165) is 10.4 Å². The molecule has 2 nitrogen and oxygen atoms in total. The van der Waals surface area contributed by atoms with Crippen LogP contribution < -0.4 is 5.73 Å². The summed E-state index contributed by atoms with van der Waals surface area (Å²) >= 11 is 1.48. The van der Waals surface area contributed by atoms with Crippen molar-refractivity contribution in [3.63, 3.8) is 0 Å². The Morgan fingerprint density at radius 2 is 1.82 bits per heavy atom. The maximum absolute atomic E-state index is 12.4. The summed E-state index contributed by atoms with van der Waals surface area (Å²) in [4.78, 5) is 13.2. The summed E-state index contributed by atoms with van der Waals surface area (Å²) in [6.45, 7) is 3.89. The second-order valence-corrected chi connectivity index (χ2v) is 5.50. The SMILES string of the molecule is CC(C)(C(=O)c1cccs1)c1ccc(N)cc1. The van der Waals surface area contributed by atoms with Crippen LogP contribution in [0, 0.1) is 0 Å². The molecular weight excluding hydrogens is 230 g/mol. The van der Waals surface area contributed by atoms with Crippen LogP contribution in [0.2, 0.25) is 0 Å². The number of Topliss-reactive ketones (excluding diaryl/α,β-unsaturated/α-hetero) is 1. The van der Waals surface area contributed by atoms with Gasteiger partial charge in [0.05, 0.1) is 10.3 Å². The largest absolute Gasteiger partial charge is 0.399 e. The third-order valence-electron chi connectivity index (χ3n) is 2.94. The summed E-state index contributed by atoms with van der Waals surface area (Å²) in [7, 11) is 0. The van der Waals surface area contributed by atoms with Gasteiger partial charge in [-0.1, -0.05) is 18.2 Å². The topological polar surface area (TPSA) is 43.1 Å². The standard InChI is InChI=1S/C14H15NOS/c1-14(2,10-5-7-11(15)8-6-10)13(16)12-4-3-9-17-12/h3-9H,15H2,1-2H3. The summed E-state index contributed by atoms with van der Waals surface area (Å²) in [6, 6.07) is 11.3. The van der Waals surface area contributed by atoms with Crippen LogP contribution in [0.1, 0.15) is 29.1 Å². The van der Waals surface area contributed by atoms with E-state index in [-0.39, 0.29) is 5.78 Å². The van der Waals surface area contributed by atoms with Crippen LogP contribution in [0.5, 0.6) is 0 Å². The third kappa shape index (κ3) is 2.24. The second-order valence-electron chi connectivity index (χ2n) is 4.55. The molecule has 0 unspecified atom stereocenters. The van der Waals surface area contributed by atoms with Gasteiger partial charge in [-0.15, -0.1) is 11.3 Å². The van der Waals surface area contributed by atoms with Gasteiger partial charge >= 0.3 is 0 Å². The predicted octanol–water partition coefficient (Wildman–Crippen LogP) is 3.49. The van der Waals surface area contributed by atoms with Gasteiger partial charge < -0.3 is 5.73 Å². The van der Waals surface area contributed by atoms with Crippen molar-refractivity contribution in [3.05, 3.63) is 52.2 Å². The highest BCUT2D eigenvalue weighted by Crippen LogP contribution is 2.29. The highest BCUT2D eigenvalue weighted by Gasteiger charge is 2.31. The Hall–Kier alpha value is -1.61. The van der Waals surface area contributed by atoms with Crippen LogP contribution in [-0.2, 0) is 5.41 Å². The minimum Gasteiger partial charge on any atom is -0.399 e. The Kier molecular flexibility index (Phi) is 3.03. The molecule has 0 atom stereocenters. The number of rotatable bonds is 3. The molecule has 1 aromatic heterocycles. The lowest BCUT2D eigenvalue weighted by molar-refractivity contribution is 0.0913. The molecule has 0 bridgehead atoms. The lowest BCUT2D eigenvalue weighted by atomic mass is 9.80. The number of ketones is 1. The van der Waals surface area contributed by atoms with E-state index in [1.807, 2.05) is 55.6 Å². The summed E-state index contributed by atoms with van der Waals surface area (Å²) in [5, 5.41) is 1.92. The predicted molar refractivity (Wildman–Crippen MR) is 72.5 cm³/mol. The molecule has 0 spiro atoms. The van der Waals surface area contributed by atoms with E-state index in [1.54, 1.807) is 0 Å². The Morgan fingerprint density at radius 3 is 2.35 bits per heavy atom. The van der Waals surface area contributed by atoms with Gasteiger partial charge in [-0.25, -0.2) is 0 Å². The zero-order valence-corrected chi connectivity index (χ0v) is 10.8. The van der Waals surface area contributed by atoms with E-state index >= 15 is 0 Å². The summed E-state index contributed by atoms with van der Waals surface area (Å²) in [5.74, 6) is 0.150. The summed E-state index contributed by atoms with van der Waals surface area (Å²) in [5.41, 5.74) is 6.85. The first-order valence-corrected chi connectivity index (χ1v) is 6.34. The van der Waals surface area contributed by atoms with Gasteiger partial charge in [0, 0.05) is 5.69 Å². The fourth-order valence-corrected chi connectivity index (χ4v) is 2.57. The zero-order chi connectivity index (χ0) is 12.5. The number of carbonyl (C=O) groups is 1. The molecule has 0 aliphatic carbocycles. The summed E-state index contributed by atoms with van der Waals surface area (Å²) < 4.78 is 0. The third-order valence-corrected chi connectivity index (χ3v) is 3.81. The number of benzene rings is 1. The van der Waals surface area contributed by atoms with Crippen molar-refractivity contribution in [2.24, 2.45) is 0 Å². The van der Waals surface area contributed by atoms with Crippen LogP contribution in [0.15, 0.2) is 41.8 Å². The van der Waals surface area contributed by atoms with Crippen molar-refractivity contribution < 1.29 is 4.79 Å². The van der Waals surface area contributed by atoms with E-state index in [0.29, 0.717) is 5.69 Å². The van der Waals surface area contributed by atoms with E-state index in [9.17, 15) is 4.79 Å². The van der Waals surface area contributed by atoms with Crippen molar-refractivity contribution in [2.45, 2.75) is 19.3 Å². The molecule has 0 radical (unpaired) electrons. The van der Waals surface area contributed by atoms with Crippen LogP contribution in [-0.4, -0.2) is 5.78 Å². The number of carbonyl (C=O) groups excluding carboxylic acids is 1. The normalized spacial score (nSPS) is 11.4. The summed E-state index contributed by atoms with van der Waals surface area (Å²) in [6.07, 6.45) is 0. The van der Waals surface area contributed by atoms with Crippen molar-refractivity contribution in [2.75, 3.05) is 5.73 Å². The number of hydrogen-bond donors (Lipinski definition) is 1. The van der Waals surface area contributed by atoms with Gasteiger partial charge in [-0.3, -0.25) is 4.79 Å². The molecule has 2 aromatic rings. The molecule has 3 heteroatoms. The van der Waals surface area contributed by atoms with E-state index < -0.39 is 5.41 Å². The molecule has 0 saturated carbocycles. The van der Waals surface area contributed by atoms with Crippen LogP contribution in [0.3, 0.4) is 0 Å².